The van der Waals surface area contributed by atoms with Crippen molar-refractivity contribution >= 4 is 21.6 Å². The second kappa shape index (κ2) is 5.85. The Kier molecular flexibility index (Phi) is 4.02. The minimum absolute atomic E-state index is 0.0955. The summed E-state index contributed by atoms with van der Waals surface area (Å²) in [7, 11) is -3.69. The lowest BCUT2D eigenvalue weighted by atomic mass is 10.1. The molecule has 1 heterocycles. The Hall–Kier alpha value is -2.08. The molecule has 0 bridgehead atoms. The number of halogens is 1. The Bertz CT molecular complexity index is 943. The lowest BCUT2D eigenvalue weighted by molar-refractivity contribution is 0.598. The first-order valence-electron chi connectivity index (χ1n) is 6.93. The number of aryl methyl sites for hydroxylation is 1. The van der Waals surface area contributed by atoms with Crippen LogP contribution in [0.5, 0.6) is 0 Å². The lowest BCUT2D eigenvalue weighted by Gasteiger charge is -2.10. The van der Waals surface area contributed by atoms with Gasteiger partial charge in [0, 0.05) is 16.9 Å². The molecule has 0 fully saturated rings. The van der Waals surface area contributed by atoms with Gasteiger partial charge in [-0.15, -0.1) is 0 Å². The summed E-state index contributed by atoms with van der Waals surface area (Å²) >= 11 is 5.95. The summed E-state index contributed by atoms with van der Waals surface area (Å²) in [6.07, 6.45) is 2.00. The summed E-state index contributed by atoms with van der Waals surface area (Å²) in [6.45, 7) is 2.01. The van der Waals surface area contributed by atoms with Crippen LogP contribution >= 0.6 is 11.6 Å². The Balaban J connectivity index is 2.09. The number of rotatable bonds is 3. The molecule has 23 heavy (non-hydrogen) atoms. The molecule has 0 aliphatic carbocycles. The van der Waals surface area contributed by atoms with Gasteiger partial charge in [-0.05, 0) is 60.5 Å². The highest BCUT2D eigenvalue weighted by Gasteiger charge is 2.11. The second-order valence-corrected chi connectivity index (χ2v) is 7.32. The van der Waals surface area contributed by atoms with Crippen LogP contribution in [0.3, 0.4) is 0 Å². The SMILES string of the molecule is Cc1cc(-c2ccc(Cl)cc2)n(-c2ccc(S(N)(=O)=O)cc2)c1. The van der Waals surface area contributed by atoms with Crippen molar-refractivity contribution in [1.29, 1.82) is 0 Å². The van der Waals surface area contributed by atoms with Gasteiger partial charge in [-0.2, -0.15) is 0 Å². The van der Waals surface area contributed by atoms with Crippen molar-refractivity contribution in [1.82, 2.24) is 4.57 Å². The minimum atomic E-state index is -3.69. The molecule has 118 valence electrons. The van der Waals surface area contributed by atoms with Crippen LogP contribution in [-0.2, 0) is 10.0 Å². The predicted octanol–water partition coefficient (Wildman–Crippen LogP) is 3.75. The molecule has 0 spiro atoms. The molecule has 6 heteroatoms. The number of aromatic nitrogens is 1. The largest absolute Gasteiger partial charge is 0.316 e. The smallest absolute Gasteiger partial charge is 0.238 e. The normalized spacial score (nSPS) is 11.6. The molecule has 0 aliphatic heterocycles. The maximum Gasteiger partial charge on any atom is 0.238 e. The van der Waals surface area contributed by atoms with Crippen LogP contribution < -0.4 is 5.14 Å². The quantitative estimate of drug-likeness (QED) is 0.784. The molecular weight excluding hydrogens is 332 g/mol. The molecular formula is C17H15ClN2O2S. The Morgan fingerprint density at radius 3 is 2.17 bits per heavy atom. The van der Waals surface area contributed by atoms with Gasteiger partial charge >= 0.3 is 0 Å². The zero-order valence-electron chi connectivity index (χ0n) is 12.4. The summed E-state index contributed by atoms with van der Waals surface area (Å²) in [6, 6.07) is 16.1. The number of hydrogen-bond acceptors (Lipinski definition) is 2. The van der Waals surface area contributed by atoms with Crippen LogP contribution in [0.25, 0.3) is 16.9 Å². The summed E-state index contributed by atoms with van der Waals surface area (Å²) < 4.78 is 24.7. The van der Waals surface area contributed by atoms with Crippen molar-refractivity contribution in [3.63, 3.8) is 0 Å². The standard InChI is InChI=1S/C17H15ClN2O2S/c1-12-10-17(13-2-4-14(18)5-3-13)20(11-12)15-6-8-16(9-7-15)23(19,21)22/h2-11H,1H3,(H2,19,21,22). The number of nitrogens with two attached hydrogens (primary N) is 1. The molecule has 3 aromatic rings. The van der Waals surface area contributed by atoms with Crippen molar-refractivity contribution in [3.05, 3.63) is 71.4 Å². The minimum Gasteiger partial charge on any atom is -0.316 e. The number of hydrogen-bond donors (Lipinski definition) is 1. The van der Waals surface area contributed by atoms with E-state index >= 15 is 0 Å². The third-order valence-electron chi connectivity index (χ3n) is 3.54. The molecule has 0 unspecified atom stereocenters. The van der Waals surface area contributed by atoms with Gasteiger partial charge in [0.15, 0.2) is 0 Å². The topological polar surface area (TPSA) is 65.1 Å². The van der Waals surface area contributed by atoms with Crippen molar-refractivity contribution in [2.45, 2.75) is 11.8 Å². The van der Waals surface area contributed by atoms with Gasteiger partial charge in [0.25, 0.3) is 0 Å². The fourth-order valence-electron chi connectivity index (χ4n) is 2.45. The first-order chi connectivity index (χ1) is 10.8. The highest BCUT2D eigenvalue weighted by molar-refractivity contribution is 7.89. The van der Waals surface area contributed by atoms with Gasteiger partial charge in [0.05, 0.1) is 10.6 Å². The highest BCUT2D eigenvalue weighted by Crippen LogP contribution is 2.27. The average molecular weight is 347 g/mol. The van der Waals surface area contributed by atoms with Crippen LogP contribution in [-0.4, -0.2) is 13.0 Å². The van der Waals surface area contributed by atoms with Crippen molar-refractivity contribution in [3.8, 4) is 16.9 Å². The highest BCUT2D eigenvalue weighted by atomic mass is 35.5. The molecule has 0 saturated heterocycles. The van der Waals surface area contributed by atoms with E-state index in [1.165, 1.54) is 12.1 Å². The van der Waals surface area contributed by atoms with E-state index in [-0.39, 0.29) is 4.90 Å². The van der Waals surface area contributed by atoms with E-state index < -0.39 is 10.0 Å². The van der Waals surface area contributed by atoms with E-state index in [2.05, 4.69) is 6.07 Å². The maximum atomic E-state index is 11.4. The molecule has 0 aliphatic rings. The van der Waals surface area contributed by atoms with Gasteiger partial charge in [-0.3, -0.25) is 0 Å². The van der Waals surface area contributed by atoms with Gasteiger partial charge < -0.3 is 4.57 Å². The number of nitrogens with zero attached hydrogens (tertiary/aromatic N) is 1. The van der Waals surface area contributed by atoms with Gasteiger partial charge in [0.1, 0.15) is 0 Å². The van der Waals surface area contributed by atoms with E-state index in [4.69, 9.17) is 16.7 Å². The van der Waals surface area contributed by atoms with E-state index in [0.29, 0.717) is 5.02 Å². The third kappa shape index (κ3) is 3.32. The first kappa shape index (κ1) is 15.8. The molecule has 2 N–H and O–H groups in total. The zero-order chi connectivity index (χ0) is 16.6. The Morgan fingerprint density at radius 2 is 1.61 bits per heavy atom. The second-order valence-electron chi connectivity index (χ2n) is 5.32. The molecule has 4 nitrogen and oxygen atoms in total. The van der Waals surface area contributed by atoms with Crippen LogP contribution in [0, 0.1) is 6.92 Å². The number of primary sulfonamides is 1. The summed E-state index contributed by atoms with van der Waals surface area (Å²) in [5.74, 6) is 0. The maximum absolute atomic E-state index is 11.4. The van der Waals surface area contributed by atoms with E-state index in [9.17, 15) is 8.42 Å². The van der Waals surface area contributed by atoms with Crippen LogP contribution in [0.1, 0.15) is 5.56 Å². The van der Waals surface area contributed by atoms with Gasteiger partial charge in [-0.25, -0.2) is 13.6 Å². The lowest BCUT2D eigenvalue weighted by Crippen LogP contribution is -2.12. The fraction of sp³-hybridized carbons (Fsp3) is 0.0588. The monoisotopic (exact) mass is 346 g/mol. The first-order valence-corrected chi connectivity index (χ1v) is 8.85. The van der Waals surface area contributed by atoms with Gasteiger partial charge in [-0.1, -0.05) is 23.7 Å². The predicted molar refractivity (Wildman–Crippen MR) is 92.3 cm³/mol. The van der Waals surface area contributed by atoms with Crippen LogP contribution in [0.15, 0.2) is 65.7 Å². The van der Waals surface area contributed by atoms with Crippen molar-refractivity contribution in [2.24, 2.45) is 5.14 Å². The number of sulfonamides is 1. The summed E-state index contributed by atoms with van der Waals surface area (Å²) in [5, 5.41) is 5.82. The fourth-order valence-corrected chi connectivity index (χ4v) is 3.09. The summed E-state index contributed by atoms with van der Waals surface area (Å²) in [4.78, 5) is 0.0955. The Labute approximate surface area is 140 Å². The summed E-state index contributed by atoms with van der Waals surface area (Å²) in [5.41, 5.74) is 3.99. The third-order valence-corrected chi connectivity index (χ3v) is 4.72. The molecule has 3 rings (SSSR count). The van der Waals surface area contributed by atoms with Crippen molar-refractivity contribution in [2.75, 3.05) is 0 Å². The molecule has 2 aromatic carbocycles. The Morgan fingerprint density at radius 1 is 1.00 bits per heavy atom. The molecule has 1 aromatic heterocycles. The molecule has 0 saturated carbocycles. The van der Waals surface area contributed by atoms with E-state index in [1.807, 2.05) is 42.0 Å². The molecule has 0 radical (unpaired) electrons. The van der Waals surface area contributed by atoms with Crippen LogP contribution in [0.2, 0.25) is 5.02 Å². The van der Waals surface area contributed by atoms with E-state index in [1.54, 1.807) is 12.1 Å². The average Bonchev–Trinajstić information content (AvgIpc) is 2.89. The zero-order valence-corrected chi connectivity index (χ0v) is 14.0. The number of benzene rings is 2. The van der Waals surface area contributed by atoms with Crippen LogP contribution in [0.4, 0.5) is 0 Å². The van der Waals surface area contributed by atoms with Crippen molar-refractivity contribution < 1.29 is 8.42 Å². The molecule has 0 amide bonds. The van der Waals surface area contributed by atoms with Gasteiger partial charge in [0.2, 0.25) is 10.0 Å². The molecule has 0 atom stereocenters. The van der Waals surface area contributed by atoms with E-state index in [0.717, 1.165) is 22.5 Å².